The van der Waals surface area contributed by atoms with Gasteiger partial charge in [-0.25, -0.2) is 0 Å². The summed E-state index contributed by atoms with van der Waals surface area (Å²) in [6, 6.07) is 13.4. The van der Waals surface area contributed by atoms with Gasteiger partial charge in [-0.1, -0.05) is 44.2 Å². The standard InChI is InChI=1S/C17H24N2O/c1-13(2)16(11-20-3)19-15-9-17(10-15,12-18)14-7-5-4-6-8-14/h4-8,13,15-16,19H,9-11H2,1-3H3. The lowest BCUT2D eigenvalue weighted by Gasteiger charge is -2.45. The Bertz CT molecular complexity index is 458. The topological polar surface area (TPSA) is 45.0 Å². The second-order valence-electron chi connectivity index (χ2n) is 6.14. The molecular weight excluding hydrogens is 248 g/mol. The van der Waals surface area contributed by atoms with Crippen LogP contribution in [0.15, 0.2) is 30.3 Å². The Morgan fingerprint density at radius 2 is 2.00 bits per heavy atom. The minimum atomic E-state index is -0.298. The number of hydrogen-bond acceptors (Lipinski definition) is 3. The molecule has 1 atom stereocenters. The third-order valence-electron chi connectivity index (χ3n) is 4.33. The fourth-order valence-corrected chi connectivity index (χ4v) is 2.96. The van der Waals surface area contributed by atoms with Gasteiger partial charge in [0.15, 0.2) is 0 Å². The first-order valence-corrected chi connectivity index (χ1v) is 7.33. The predicted molar refractivity (Wildman–Crippen MR) is 80.4 cm³/mol. The van der Waals surface area contributed by atoms with Gasteiger partial charge in [0.2, 0.25) is 0 Å². The van der Waals surface area contributed by atoms with Crippen molar-refractivity contribution in [3.63, 3.8) is 0 Å². The van der Waals surface area contributed by atoms with Crippen molar-refractivity contribution in [1.29, 1.82) is 5.26 Å². The van der Waals surface area contributed by atoms with Crippen molar-refractivity contribution in [2.24, 2.45) is 5.92 Å². The molecule has 1 unspecified atom stereocenters. The van der Waals surface area contributed by atoms with Gasteiger partial charge in [0, 0.05) is 19.2 Å². The zero-order chi connectivity index (χ0) is 14.6. The average Bonchev–Trinajstić information content (AvgIpc) is 2.42. The fraction of sp³-hybridized carbons (Fsp3) is 0.588. The molecule has 0 spiro atoms. The van der Waals surface area contributed by atoms with E-state index in [1.165, 1.54) is 0 Å². The summed E-state index contributed by atoms with van der Waals surface area (Å²) < 4.78 is 5.27. The number of nitrogens with one attached hydrogen (secondary N) is 1. The van der Waals surface area contributed by atoms with Gasteiger partial charge < -0.3 is 10.1 Å². The van der Waals surface area contributed by atoms with E-state index in [0.717, 1.165) is 25.0 Å². The number of rotatable bonds is 6. The summed E-state index contributed by atoms with van der Waals surface area (Å²) in [4.78, 5) is 0. The van der Waals surface area contributed by atoms with E-state index in [9.17, 15) is 5.26 Å². The molecule has 20 heavy (non-hydrogen) atoms. The molecule has 1 fully saturated rings. The van der Waals surface area contributed by atoms with Crippen molar-refractivity contribution in [3.8, 4) is 6.07 Å². The van der Waals surface area contributed by atoms with Crippen LogP contribution in [0.5, 0.6) is 0 Å². The van der Waals surface area contributed by atoms with Crippen LogP contribution in [-0.2, 0) is 10.2 Å². The second kappa shape index (κ2) is 6.39. The summed E-state index contributed by atoms with van der Waals surface area (Å²) in [7, 11) is 1.74. The molecule has 2 rings (SSSR count). The highest BCUT2D eigenvalue weighted by Gasteiger charge is 2.46. The Hall–Kier alpha value is -1.37. The number of methoxy groups -OCH3 is 1. The van der Waals surface area contributed by atoms with Crippen molar-refractivity contribution in [2.75, 3.05) is 13.7 Å². The third-order valence-corrected chi connectivity index (χ3v) is 4.33. The van der Waals surface area contributed by atoms with Crippen LogP contribution in [-0.4, -0.2) is 25.8 Å². The fourth-order valence-electron chi connectivity index (χ4n) is 2.96. The summed E-state index contributed by atoms with van der Waals surface area (Å²) >= 11 is 0. The monoisotopic (exact) mass is 272 g/mol. The maximum atomic E-state index is 9.55. The Morgan fingerprint density at radius 1 is 1.35 bits per heavy atom. The molecule has 1 aromatic rings. The highest BCUT2D eigenvalue weighted by atomic mass is 16.5. The third kappa shape index (κ3) is 3.03. The molecule has 1 aliphatic rings. The molecule has 1 saturated carbocycles. The Morgan fingerprint density at radius 3 is 2.50 bits per heavy atom. The molecule has 0 aromatic heterocycles. The van der Waals surface area contributed by atoms with Crippen LogP contribution in [0.1, 0.15) is 32.3 Å². The van der Waals surface area contributed by atoms with Gasteiger partial charge >= 0.3 is 0 Å². The van der Waals surface area contributed by atoms with E-state index in [0.29, 0.717) is 18.0 Å². The van der Waals surface area contributed by atoms with Crippen LogP contribution < -0.4 is 5.32 Å². The first kappa shape index (κ1) is 15.0. The molecule has 0 aliphatic heterocycles. The molecule has 3 heteroatoms. The summed E-state index contributed by atoms with van der Waals surface area (Å²) in [5.74, 6) is 0.531. The van der Waals surface area contributed by atoms with Crippen LogP contribution in [0.3, 0.4) is 0 Å². The molecule has 1 aromatic carbocycles. The minimum Gasteiger partial charge on any atom is -0.383 e. The molecule has 1 aliphatic carbocycles. The van der Waals surface area contributed by atoms with Crippen LogP contribution in [0.25, 0.3) is 0 Å². The average molecular weight is 272 g/mol. The number of benzene rings is 1. The number of nitrogens with zero attached hydrogens (tertiary/aromatic N) is 1. The van der Waals surface area contributed by atoms with Gasteiger partial charge in [-0.2, -0.15) is 5.26 Å². The van der Waals surface area contributed by atoms with Gasteiger partial charge in [-0.15, -0.1) is 0 Å². The first-order chi connectivity index (χ1) is 9.61. The smallest absolute Gasteiger partial charge is 0.0852 e. The summed E-state index contributed by atoms with van der Waals surface area (Å²) in [5.41, 5.74) is 0.849. The number of nitriles is 1. The lowest BCUT2D eigenvalue weighted by Crippen LogP contribution is -2.55. The Kier molecular flexibility index (Phi) is 4.80. The van der Waals surface area contributed by atoms with Gasteiger partial charge in [0.05, 0.1) is 18.1 Å². The van der Waals surface area contributed by atoms with E-state index in [1.54, 1.807) is 7.11 Å². The quantitative estimate of drug-likeness (QED) is 0.866. The normalized spacial score (nSPS) is 26.9. The zero-order valence-corrected chi connectivity index (χ0v) is 12.6. The lowest BCUT2D eigenvalue weighted by molar-refractivity contribution is 0.116. The molecule has 0 radical (unpaired) electrons. The molecule has 108 valence electrons. The van der Waals surface area contributed by atoms with E-state index in [1.807, 2.05) is 18.2 Å². The van der Waals surface area contributed by atoms with Crippen LogP contribution >= 0.6 is 0 Å². The second-order valence-corrected chi connectivity index (χ2v) is 6.14. The largest absolute Gasteiger partial charge is 0.383 e. The van der Waals surface area contributed by atoms with E-state index in [4.69, 9.17) is 4.74 Å². The van der Waals surface area contributed by atoms with Gasteiger partial charge in [-0.05, 0) is 24.3 Å². The maximum absolute atomic E-state index is 9.55. The van der Waals surface area contributed by atoms with Gasteiger partial charge in [-0.3, -0.25) is 0 Å². The minimum absolute atomic E-state index is 0.298. The molecule has 0 saturated heterocycles. The lowest BCUT2D eigenvalue weighted by atomic mass is 9.62. The predicted octanol–water partition coefficient (Wildman–Crippen LogP) is 2.87. The highest BCUT2D eigenvalue weighted by Crippen LogP contribution is 2.43. The number of hydrogen-bond donors (Lipinski definition) is 1. The van der Waals surface area contributed by atoms with Crippen molar-refractivity contribution in [3.05, 3.63) is 35.9 Å². The molecule has 1 N–H and O–H groups in total. The van der Waals surface area contributed by atoms with Crippen molar-refractivity contribution < 1.29 is 4.74 Å². The van der Waals surface area contributed by atoms with Crippen molar-refractivity contribution >= 4 is 0 Å². The molecule has 0 amide bonds. The van der Waals surface area contributed by atoms with E-state index >= 15 is 0 Å². The molecule has 3 nitrogen and oxygen atoms in total. The van der Waals surface area contributed by atoms with E-state index < -0.39 is 0 Å². The first-order valence-electron chi connectivity index (χ1n) is 7.33. The molecule has 0 bridgehead atoms. The summed E-state index contributed by atoms with van der Waals surface area (Å²) in [5, 5.41) is 13.2. The maximum Gasteiger partial charge on any atom is 0.0852 e. The van der Waals surface area contributed by atoms with E-state index in [2.05, 4.69) is 37.4 Å². The molecule has 0 heterocycles. The summed E-state index contributed by atoms with van der Waals surface area (Å²) in [6.07, 6.45) is 1.78. The van der Waals surface area contributed by atoms with Crippen LogP contribution in [0.4, 0.5) is 0 Å². The zero-order valence-electron chi connectivity index (χ0n) is 12.6. The highest BCUT2D eigenvalue weighted by molar-refractivity contribution is 5.36. The van der Waals surface area contributed by atoms with Crippen LogP contribution in [0, 0.1) is 17.2 Å². The van der Waals surface area contributed by atoms with Crippen molar-refractivity contribution in [1.82, 2.24) is 5.32 Å². The van der Waals surface area contributed by atoms with Gasteiger partial charge in [0.1, 0.15) is 0 Å². The Balaban J connectivity index is 1.97. The SMILES string of the molecule is COCC(NC1CC(C#N)(c2ccccc2)C1)C(C)C. The Labute approximate surface area is 121 Å². The van der Waals surface area contributed by atoms with Gasteiger partial charge in [0.25, 0.3) is 0 Å². The summed E-state index contributed by atoms with van der Waals surface area (Å²) in [6.45, 7) is 5.12. The number of ether oxygens (including phenoxy) is 1. The van der Waals surface area contributed by atoms with Crippen molar-refractivity contribution in [2.45, 2.75) is 44.2 Å². The van der Waals surface area contributed by atoms with E-state index in [-0.39, 0.29) is 5.41 Å². The molecular formula is C17H24N2O. The van der Waals surface area contributed by atoms with Crippen LogP contribution in [0.2, 0.25) is 0 Å².